The minimum atomic E-state index is -1.49. The van der Waals surface area contributed by atoms with Gasteiger partial charge in [0.2, 0.25) is 0 Å². The van der Waals surface area contributed by atoms with Gasteiger partial charge in [0.1, 0.15) is 11.4 Å². The van der Waals surface area contributed by atoms with Crippen LogP contribution in [0.2, 0.25) is 0 Å². The van der Waals surface area contributed by atoms with Crippen molar-refractivity contribution in [2.24, 2.45) is 0 Å². The van der Waals surface area contributed by atoms with E-state index in [0.717, 1.165) is 5.56 Å². The molecule has 3 N–H and O–H groups in total. The van der Waals surface area contributed by atoms with E-state index in [4.69, 9.17) is 9.15 Å². The van der Waals surface area contributed by atoms with Gasteiger partial charge in [0.15, 0.2) is 0 Å². The molecule has 0 fully saturated rings. The summed E-state index contributed by atoms with van der Waals surface area (Å²) in [7, 11) is 1.54. The Hall–Kier alpha value is -3.10. The van der Waals surface area contributed by atoms with E-state index in [9.17, 15) is 14.7 Å². The zero-order valence-electron chi connectivity index (χ0n) is 15.2. The zero-order valence-corrected chi connectivity index (χ0v) is 16.0. The number of carbonyl (C=O) groups is 2. The fourth-order valence-corrected chi connectivity index (χ4v) is 3.58. The average molecular weight is 400 g/mol. The molecular formula is C20H20N2O5S. The number of para-hydroxylation sites is 1. The number of carbonyl (C=O) groups excluding carboxylic acids is 2. The summed E-state index contributed by atoms with van der Waals surface area (Å²) < 4.78 is 10.3. The number of benzene rings is 1. The maximum Gasteiger partial charge on any atom is 0.309 e. The predicted molar refractivity (Wildman–Crippen MR) is 104 cm³/mol. The lowest BCUT2D eigenvalue weighted by Crippen LogP contribution is -2.46. The van der Waals surface area contributed by atoms with E-state index in [1.54, 1.807) is 30.3 Å². The van der Waals surface area contributed by atoms with Gasteiger partial charge in [-0.15, -0.1) is 11.3 Å². The molecule has 0 aliphatic heterocycles. The van der Waals surface area contributed by atoms with Crippen LogP contribution in [-0.2, 0) is 21.7 Å². The maximum atomic E-state index is 12.2. The standard InChI is InChI=1S/C20H20N2O5S/c1-26-16-6-3-2-5-14(16)11-21-18(23)19(24)22-13-20(25,15-8-9-27-12-15)17-7-4-10-28-17/h2-10,12,25H,11,13H2,1H3,(H,21,23)(H,22,24)/t20-/m0/s1. The summed E-state index contributed by atoms with van der Waals surface area (Å²) in [6.07, 6.45) is 2.85. The first-order chi connectivity index (χ1) is 13.5. The van der Waals surface area contributed by atoms with Crippen molar-refractivity contribution in [2.45, 2.75) is 12.1 Å². The molecule has 0 aliphatic rings. The molecule has 0 bridgehead atoms. The number of amides is 2. The molecule has 28 heavy (non-hydrogen) atoms. The Morgan fingerprint density at radius 2 is 1.93 bits per heavy atom. The van der Waals surface area contributed by atoms with Crippen LogP contribution in [0, 0.1) is 0 Å². The van der Waals surface area contributed by atoms with Gasteiger partial charge >= 0.3 is 11.8 Å². The monoisotopic (exact) mass is 400 g/mol. The third-order valence-corrected chi connectivity index (χ3v) is 5.29. The average Bonchev–Trinajstić information content (AvgIpc) is 3.44. The molecule has 0 spiro atoms. The second-order valence-corrected chi connectivity index (χ2v) is 6.97. The SMILES string of the molecule is COc1ccccc1CNC(=O)C(=O)NC[C@](O)(c1ccoc1)c1cccs1. The van der Waals surface area contributed by atoms with E-state index in [1.807, 2.05) is 17.5 Å². The normalized spacial score (nSPS) is 12.8. The molecule has 3 rings (SSSR count). The number of ether oxygens (including phenoxy) is 1. The summed E-state index contributed by atoms with van der Waals surface area (Å²) in [5.41, 5.74) is -0.246. The minimum Gasteiger partial charge on any atom is -0.496 e. The van der Waals surface area contributed by atoms with Crippen molar-refractivity contribution in [1.29, 1.82) is 0 Å². The van der Waals surface area contributed by atoms with Gasteiger partial charge < -0.3 is 24.9 Å². The molecule has 2 amide bonds. The molecule has 2 heterocycles. The predicted octanol–water partition coefficient (Wildman–Crippen LogP) is 2.02. The summed E-state index contributed by atoms with van der Waals surface area (Å²) in [5, 5.41) is 18.0. The Labute approximate surface area is 166 Å². The van der Waals surface area contributed by atoms with E-state index < -0.39 is 17.4 Å². The summed E-state index contributed by atoms with van der Waals surface area (Å²) in [4.78, 5) is 25.0. The van der Waals surface area contributed by atoms with Crippen molar-refractivity contribution in [2.75, 3.05) is 13.7 Å². The van der Waals surface area contributed by atoms with Crippen LogP contribution >= 0.6 is 11.3 Å². The van der Waals surface area contributed by atoms with Crippen molar-refractivity contribution in [3.63, 3.8) is 0 Å². The van der Waals surface area contributed by atoms with Crippen LogP contribution in [0.1, 0.15) is 16.0 Å². The Morgan fingerprint density at radius 1 is 1.14 bits per heavy atom. The second-order valence-electron chi connectivity index (χ2n) is 6.03. The maximum absolute atomic E-state index is 12.2. The Morgan fingerprint density at radius 3 is 2.61 bits per heavy atom. The van der Waals surface area contributed by atoms with Gasteiger partial charge in [0.05, 0.1) is 26.2 Å². The van der Waals surface area contributed by atoms with Crippen LogP contribution in [0.5, 0.6) is 5.75 Å². The first-order valence-corrected chi connectivity index (χ1v) is 9.39. The van der Waals surface area contributed by atoms with E-state index in [-0.39, 0.29) is 13.1 Å². The lowest BCUT2D eigenvalue weighted by Gasteiger charge is -2.26. The number of rotatable bonds is 7. The number of hydrogen-bond acceptors (Lipinski definition) is 6. The third kappa shape index (κ3) is 4.24. The number of nitrogens with one attached hydrogen (secondary N) is 2. The number of thiophene rings is 1. The molecular weight excluding hydrogens is 380 g/mol. The van der Waals surface area contributed by atoms with Crippen LogP contribution in [0.25, 0.3) is 0 Å². The summed E-state index contributed by atoms with van der Waals surface area (Å²) in [6.45, 7) is -0.0266. The van der Waals surface area contributed by atoms with E-state index in [1.165, 1.54) is 31.0 Å². The van der Waals surface area contributed by atoms with Crippen LogP contribution in [-0.4, -0.2) is 30.6 Å². The third-order valence-electron chi connectivity index (χ3n) is 4.27. The molecule has 1 atom stereocenters. The highest BCUT2D eigenvalue weighted by atomic mass is 32.1. The van der Waals surface area contributed by atoms with Gasteiger partial charge in [-0.25, -0.2) is 0 Å². The van der Waals surface area contributed by atoms with E-state index >= 15 is 0 Å². The zero-order chi connectivity index (χ0) is 20.0. The fourth-order valence-electron chi connectivity index (χ4n) is 2.74. The first-order valence-electron chi connectivity index (χ1n) is 8.51. The van der Waals surface area contributed by atoms with Crippen LogP contribution < -0.4 is 15.4 Å². The van der Waals surface area contributed by atoms with Gasteiger partial charge in [0.25, 0.3) is 0 Å². The first kappa shape index (κ1) is 19.7. The van der Waals surface area contributed by atoms with Crippen molar-refractivity contribution < 1.29 is 23.8 Å². The topological polar surface area (TPSA) is 101 Å². The van der Waals surface area contributed by atoms with Crippen LogP contribution in [0.4, 0.5) is 0 Å². The molecule has 0 aliphatic carbocycles. The van der Waals surface area contributed by atoms with Crippen molar-refractivity contribution >= 4 is 23.2 Å². The molecule has 3 aromatic rings. The van der Waals surface area contributed by atoms with Crippen molar-refractivity contribution in [1.82, 2.24) is 10.6 Å². The van der Waals surface area contributed by atoms with Gasteiger partial charge in [0, 0.05) is 22.5 Å². The molecule has 2 aromatic heterocycles. The summed E-state index contributed by atoms with van der Waals surface area (Å²) in [5.74, 6) is -1.02. The molecule has 0 unspecified atom stereocenters. The van der Waals surface area contributed by atoms with E-state index in [2.05, 4.69) is 10.6 Å². The Balaban J connectivity index is 1.62. The number of methoxy groups -OCH3 is 1. The summed E-state index contributed by atoms with van der Waals surface area (Å²) in [6, 6.07) is 12.4. The molecule has 1 aromatic carbocycles. The van der Waals surface area contributed by atoms with Gasteiger partial charge in [-0.3, -0.25) is 9.59 Å². The minimum absolute atomic E-state index is 0.146. The molecule has 0 radical (unpaired) electrons. The lowest BCUT2D eigenvalue weighted by molar-refractivity contribution is -0.139. The van der Waals surface area contributed by atoms with Crippen molar-refractivity contribution in [3.8, 4) is 5.75 Å². The lowest BCUT2D eigenvalue weighted by atomic mass is 9.94. The molecule has 0 saturated carbocycles. The quantitative estimate of drug-likeness (QED) is 0.527. The van der Waals surface area contributed by atoms with Gasteiger partial charge in [-0.1, -0.05) is 24.3 Å². The second kappa shape index (κ2) is 8.73. The largest absolute Gasteiger partial charge is 0.496 e. The number of furan rings is 1. The fraction of sp³-hybridized carbons (Fsp3) is 0.200. The molecule has 146 valence electrons. The summed E-state index contributed by atoms with van der Waals surface area (Å²) >= 11 is 1.34. The molecule has 8 heteroatoms. The Bertz CT molecular complexity index is 888. The van der Waals surface area contributed by atoms with Gasteiger partial charge in [-0.05, 0) is 23.6 Å². The van der Waals surface area contributed by atoms with Gasteiger partial charge in [-0.2, -0.15) is 0 Å². The van der Waals surface area contributed by atoms with Crippen molar-refractivity contribution in [3.05, 3.63) is 76.4 Å². The highest BCUT2D eigenvalue weighted by Gasteiger charge is 2.34. The van der Waals surface area contributed by atoms with E-state index in [0.29, 0.717) is 16.2 Å². The van der Waals surface area contributed by atoms with Crippen LogP contribution in [0.3, 0.4) is 0 Å². The Kier molecular flexibility index (Phi) is 6.13. The molecule has 0 saturated heterocycles. The van der Waals surface area contributed by atoms with Crippen LogP contribution in [0.15, 0.2) is 64.8 Å². The number of hydrogen-bond donors (Lipinski definition) is 3. The smallest absolute Gasteiger partial charge is 0.309 e. The molecule has 7 nitrogen and oxygen atoms in total. The number of aliphatic hydroxyl groups is 1. The highest BCUT2D eigenvalue weighted by Crippen LogP contribution is 2.32. The highest BCUT2D eigenvalue weighted by molar-refractivity contribution is 7.10.